The van der Waals surface area contributed by atoms with Crippen molar-refractivity contribution < 1.29 is 33.8 Å². The van der Waals surface area contributed by atoms with Crippen LogP contribution in [0.5, 0.6) is 0 Å². The lowest BCUT2D eigenvalue weighted by Crippen LogP contribution is -2.57. The van der Waals surface area contributed by atoms with Gasteiger partial charge in [-0.15, -0.1) is 0 Å². The highest BCUT2D eigenvalue weighted by atomic mass is 16.5. The van der Waals surface area contributed by atoms with E-state index in [1.807, 2.05) is 72.8 Å². The molecule has 0 aromatic heterocycles. The minimum Gasteiger partial charge on any atom is -0.463 e. The number of aliphatic hydroxyl groups excluding tert-OH is 1. The molecule has 4 heterocycles. The SMILES string of the molecule is C[C@H](CO)N1C(=O)[C@H]2[C@@H]3C(=O)N[C@H](c4ccccc4)COC(=O)CC/C=C\CN(Cc4ccccc4)C(=O)[C@H]1[C@@]21C=C[C@@H]3O1. The number of ether oxygens (including phenoxy) is 2. The van der Waals surface area contributed by atoms with Crippen molar-refractivity contribution >= 4 is 23.7 Å². The number of fused-ring (bicyclic) bond motifs is 2. The molecule has 2 saturated heterocycles. The first-order chi connectivity index (χ1) is 21.3. The first-order valence-corrected chi connectivity index (χ1v) is 15.1. The molecule has 10 heteroatoms. The van der Waals surface area contributed by atoms with Crippen molar-refractivity contribution in [3.05, 3.63) is 96.1 Å². The Bertz CT molecular complexity index is 1460. The van der Waals surface area contributed by atoms with E-state index in [0.29, 0.717) is 6.42 Å². The van der Waals surface area contributed by atoms with Gasteiger partial charge >= 0.3 is 5.97 Å². The average Bonchev–Trinajstić information content (AvgIpc) is 3.69. The average molecular weight is 600 g/mol. The molecule has 0 aliphatic carbocycles. The summed E-state index contributed by atoms with van der Waals surface area (Å²) in [6.07, 6.45) is 7.03. The fourth-order valence-corrected chi connectivity index (χ4v) is 6.90. The Balaban J connectivity index is 1.41. The number of benzene rings is 2. The van der Waals surface area contributed by atoms with Crippen molar-refractivity contribution in [3.8, 4) is 0 Å². The van der Waals surface area contributed by atoms with Crippen molar-refractivity contribution in [2.75, 3.05) is 19.8 Å². The molecule has 2 aromatic rings. The number of hydrogen-bond donors (Lipinski definition) is 2. The monoisotopic (exact) mass is 599 g/mol. The van der Waals surface area contributed by atoms with Crippen molar-refractivity contribution in [1.82, 2.24) is 15.1 Å². The lowest BCUT2D eigenvalue weighted by Gasteiger charge is -2.37. The van der Waals surface area contributed by atoms with Crippen LogP contribution in [0.2, 0.25) is 0 Å². The second-order valence-electron chi connectivity index (χ2n) is 11.8. The topological polar surface area (TPSA) is 125 Å². The van der Waals surface area contributed by atoms with E-state index in [4.69, 9.17) is 9.47 Å². The zero-order chi connectivity index (χ0) is 30.8. The molecule has 1 spiro atoms. The lowest BCUT2D eigenvalue weighted by atomic mass is 9.74. The van der Waals surface area contributed by atoms with Gasteiger partial charge in [-0.25, -0.2) is 0 Å². The second-order valence-corrected chi connectivity index (χ2v) is 11.8. The van der Waals surface area contributed by atoms with Crippen LogP contribution in [0.25, 0.3) is 0 Å². The highest BCUT2D eigenvalue weighted by Crippen LogP contribution is 2.56. The van der Waals surface area contributed by atoms with Gasteiger partial charge in [0.2, 0.25) is 17.7 Å². The quantitative estimate of drug-likeness (QED) is 0.399. The Hall–Kier alpha value is -4.28. The van der Waals surface area contributed by atoms with Gasteiger partial charge in [-0.1, -0.05) is 85.0 Å². The second kappa shape index (κ2) is 12.4. The molecule has 0 radical (unpaired) electrons. The molecule has 6 rings (SSSR count). The van der Waals surface area contributed by atoms with E-state index in [2.05, 4.69) is 5.32 Å². The fraction of sp³-hybridized carbons (Fsp3) is 0.412. The predicted octanol–water partition coefficient (Wildman–Crippen LogP) is 2.30. The molecule has 4 aliphatic rings. The van der Waals surface area contributed by atoms with Gasteiger partial charge in [-0.2, -0.15) is 0 Å². The van der Waals surface area contributed by atoms with E-state index < -0.39 is 59.5 Å². The Kier molecular flexibility index (Phi) is 8.38. The van der Waals surface area contributed by atoms with Gasteiger partial charge in [0, 0.05) is 19.5 Å². The van der Waals surface area contributed by atoms with E-state index >= 15 is 0 Å². The number of carbonyl (C=O) groups excluding carboxylic acids is 4. The molecule has 3 amide bonds. The standard InChI is InChI=1S/C34H37N3O7/c1-22(20-38)37-30-33(42)36(19-23-11-5-2-6-12-23)18-10-4-9-15-27(39)43-21-25(24-13-7-3-8-14-24)35-31(40)28-26-16-17-34(30,44-26)29(28)32(37)41/h2-8,10-14,16-17,22,25-26,28-30,38H,9,15,18-21H2,1H3,(H,35,40)/b10-4-/t22-,25+,26+,28-,29-,30+,34-/m1/s1. The van der Waals surface area contributed by atoms with Gasteiger partial charge in [-0.3, -0.25) is 19.2 Å². The number of nitrogens with zero attached hydrogens (tertiary/aromatic N) is 2. The molecular formula is C34H37N3O7. The number of cyclic esters (lactones) is 1. The van der Waals surface area contributed by atoms with E-state index in [9.17, 15) is 24.3 Å². The third-order valence-electron chi connectivity index (χ3n) is 9.05. The minimum absolute atomic E-state index is 0.0736. The molecular weight excluding hydrogens is 562 g/mol. The predicted molar refractivity (Wildman–Crippen MR) is 159 cm³/mol. The van der Waals surface area contributed by atoms with Crippen molar-refractivity contribution in [1.29, 1.82) is 0 Å². The number of allylic oxidation sites excluding steroid dienone is 1. The highest BCUT2D eigenvalue weighted by Gasteiger charge is 2.73. The van der Waals surface area contributed by atoms with E-state index in [0.717, 1.165) is 11.1 Å². The first kappa shape index (κ1) is 29.8. The zero-order valence-corrected chi connectivity index (χ0v) is 24.6. The number of esters is 1. The number of aliphatic hydroxyl groups is 1. The number of carbonyl (C=O) groups is 4. The summed E-state index contributed by atoms with van der Waals surface area (Å²) in [6, 6.07) is 16.3. The van der Waals surface area contributed by atoms with Gasteiger partial charge in [0.05, 0.1) is 36.6 Å². The number of nitrogens with one attached hydrogen (secondary N) is 1. The highest BCUT2D eigenvalue weighted by molar-refractivity contribution is 6.00. The molecule has 2 aromatic carbocycles. The van der Waals surface area contributed by atoms with Crippen LogP contribution in [-0.4, -0.2) is 82.1 Å². The van der Waals surface area contributed by atoms with E-state index in [1.54, 1.807) is 24.0 Å². The van der Waals surface area contributed by atoms with E-state index in [1.165, 1.54) is 4.90 Å². The van der Waals surface area contributed by atoms with Crippen LogP contribution in [0.4, 0.5) is 0 Å². The summed E-state index contributed by atoms with van der Waals surface area (Å²) in [7, 11) is 0. The van der Waals surface area contributed by atoms with Crippen molar-refractivity contribution in [2.45, 2.75) is 56.1 Å². The summed E-state index contributed by atoms with van der Waals surface area (Å²) in [5.74, 6) is -3.47. The number of hydrogen-bond acceptors (Lipinski definition) is 7. The van der Waals surface area contributed by atoms with Crippen molar-refractivity contribution in [3.63, 3.8) is 0 Å². The Labute approximate surface area is 256 Å². The van der Waals surface area contributed by atoms with Crippen LogP contribution in [-0.2, 0) is 35.2 Å². The fourth-order valence-electron chi connectivity index (χ4n) is 6.90. The van der Waals surface area contributed by atoms with Crippen LogP contribution in [0.15, 0.2) is 85.0 Å². The summed E-state index contributed by atoms with van der Waals surface area (Å²) in [5.41, 5.74) is 0.282. The molecule has 7 atom stereocenters. The molecule has 4 aliphatic heterocycles. The van der Waals surface area contributed by atoms with Gasteiger partial charge < -0.3 is 29.7 Å². The maximum atomic E-state index is 14.6. The molecule has 44 heavy (non-hydrogen) atoms. The Morgan fingerprint density at radius 2 is 1.73 bits per heavy atom. The number of amides is 3. The van der Waals surface area contributed by atoms with Crippen LogP contribution in [0.1, 0.15) is 36.9 Å². The van der Waals surface area contributed by atoms with Crippen molar-refractivity contribution in [2.24, 2.45) is 11.8 Å². The van der Waals surface area contributed by atoms with Crippen LogP contribution >= 0.6 is 0 Å². The molecule has 10 nitrogen and oxygen atoms in total. The van der Waals surface area contributed by atoms with Crippen LogP contribution in [0.3, 0.4) is 0 Å². The summed E-state index contributed by atoms with van der Waals surface area (Å²) in [6.45, 7) is 1.75. The number of likely N-dealkylation sites (tertiary alicyclic amines) is 1. The molecule has 230 valence electrons. The Morgan fingerprint density at radius 3 is 2.45 bits per heavy atom. The Morgan fingerprint density at radius 1 is 1.00 bits per heavy atom. The van der Waals surface area contributed by atoms with Gasteiger partial charge in [0.15, 0.2) is 0 Å². The molecule has 0 saturated carbocycles. The smallest absolute Gasteiger partial charge is 0.306 e. The van der Waals surface area contributed by atoms with E-state index in [-0.39, 0.29) is 38.6 Å². The summed E-state index contributed by atoms with van der Waals surface area (Å²) < 4.78 is 12.1. The summed E-state index contributed by atoms with van der Waals surface area (Å²) >= 11 is 0. The summed E-state index contributed by atoms with van der Waals surface area (Å²) in [5, 5.41) is 13.2. The van der Waals surface area contributed by atoms with Gasteiger partial charge in [0.25, 0.3) is 0 Å². The molecule has 0 unspecified atom stereocenters. The normalized spacial score (nSPS) is 31.9. The third-order valence-corrected chi connectivity index (χ3v) is 9.05. The maximum absolute atomic E-state index is 14.6. The maximum Gasteiger partial charge on any atom is 0.306 e. The first-order valence-electron chi connectivity index (χ1n) is 15.1. The zero-order valence-electron chi connectivity index (χ0n) is 24.6. The van der Waals surface area contributed by atoms with Crippen LogP contribution < -0.4 is 5.32 Å². The minimum atomic E-state index is -1.37. The largest absolute Gasteiger partial charge is 0.463 e. The van der Waals surface area contributed by atoms with Crippen LogP contribution in [0, 0.1) is 11.8 Å². The molecule has 2 N–H and O–H groups in total. The third kappa shape index (κ3) is 5.33. The number of rotatable bonds is 5. The summed E-state index contributed by atoms with van der Waals surface area (Å²) in [4.78, 5) is 58.6. The lowest BCUT2D eigenvalue weighted by molar-refractivity contribution is -0.150. The molecule has 5 bridgehead atoms. The van der Waals surface area contributed by atoms with Gasteiger partial charge in [0.1, 0.15) is 18.2 Å². The van der Waals surface area contributed by atoms with Gasteiger partial charge in [-0.05, 0) is 24.5 Å². The molecule has 2 fully saturated rings.